The van der Waals surface area contributed by atoms with Gasteiger partial charge in [-0.05, 0) is 44.9 Å². The van der Waals surface area contributed by atoms with Gasteiger partial charge in [-0.15, -0.1) is 0 Å². The molecule has 4 heterocycles. The minimum Gasteiger partial charge on any atom is -0.367 e. The molecule has 3 aliphatic heterocycles. The number of likely N-dealkylation sites (N-methyl/N-ethyl adjacent to an activating group) is 1. The van der Waals surface area contributed by atoms with Gasteiger partial charge in [0, 0.05) is 55.7 Å². The van der Waals surface area contributed by atoms with E-state index in [0.29, 0.717) is 28.7 Å². The van der Waals surface area contributed by atoms with E-state index in [9.17, 15) is 14.4 Å². The number of piperazine rings is 1. The molecule has 2 aromatic rings. The monoisotopic (exact) mass is 633 g/mol. The van der Waals surface area contributed by atoms with Gasteiger partial charge in [0.25, 0.3) is 5.91 Å². The smallest absolute Gasteiger partial charge is 0.253 e. The number of benzene rings is 1. The van der Waals surface area contributed by atoms with Gasteiger partial charge in [0.15, 0.2) is 22.9 Å². The quantitative estimate of drug-likeness (QED) is 0.366. The lowest BCUT2D eigenvalue weighted by atomic mass is 9.78. The lowest BCUT2D eigenvalue weighted by Crippen LogP contribution is -2.68. The molecule has 0 radical (unpaired) electrons. The van der Waals surface area contributed by atoms with Gasteiger partial charge in [-0.25, -0.2) is 4.98 Å². The van der Waals surface area contributed by atoms with E-state index in [2.05, 4.69) is 39.0 Å². The molecule has 0 spiro atoms. The predicted octanol–water partition coefficient (Wildman–Crippen LogP) is 3.59. The van der Waals surface area contributed by atoms with E-state index in [1.54, 1.807) is 24.3 Å². The third-order valence-corrected chi connectivity index (χ3v) is 11.1. The molecule has 9 nitrogen and oxygen atoms in total. The Balaban J connectivity index is 1.14. The number of thiazole rings is 1. The van der Waals surface area contributed by atoms with Crippen LogP contribution in [0.3, 0.4) is 0 Å². The number of hydrogen-bond acceptors (Lipinski definition) is 9. The predicted molar refractivity (Wildman–Crippen MR) is 169 cm³/mol. The Morgan fingerprint density at radius 2 is 1.82 bits per heavy atom. The number of carbonyl (C=O) groups is 3. The lowest BCUT2D eigenvalue weighted by molar-refractivity contribution is -0.132. The summed E-state index contributed by atoms with van der Waals surface area (Å²) in [6, 6.07) is 6.08. The van der Waals surface area contributed by atoms with Crippen molar-refractivity contribution in [2.75, 3.05) is 51.3 Å². The van der Waals surface area contributed by atoms with Crippen molar-refractivity contribution in [3.8, 4) is 23.1 Å². The molecule has 238 valence electrons. The highest BCUT2D eigenvalue weighted by Gasteiger charge is 2.59. The zero-order valence-corrected chi connectivity index (χ0v) is 26.5. The molecular weight excluding hydrogens is 593 g/mol. The number of aldehydes is 1. The highest BCUT2D eigenvalue weighted by Crippen LogP contribution is 2.42. The number of ether oxygens (including phenoxy) is 1. The van der Waals surface area contributed by atoms with Crippen LogP contribution in [-0.4, -0.2) is 96.9 Å². The summed E-state index contributed by atoms with van der Waals surface area (Å²) >= 11 is 1.04. The Morgan fingerprint density at radius 3 is 2.51 bits per heavy atom. The maximum atomic E-state index is 15.1. The molecule has 4 unspecified atom stereocenters. The van der Waals surface area contributed by atoms with Crippen LogP contribution in [0.15, 0.2) is 24.3 Å². The van der Waals surface area contributed by atoms with Gasteiger partial charge in [0.05, 0.1) is 12.0 Å². The fourth-order valence-electron chi connectivity index (χ4n) is 7.40. The first-order valence-electron chi connectivity index (χ1n) is 16.3. The van der Waals surface area contributed by atoms with E-state index >= 15 is 4.39 Å². The van der Waals surface area contributed by atoms with Gasteiger partial charge in [-0.1, -0.05) is 54.6 Å². The number of nitrogens with zero attached hydrogens (tertiary/aromatic N) is 4. The second kappa shape index (κ2) is 12.6. The standard InChI is InChI=1S/C34H40FN5O4S/c1-38-15-17-39(18-16-38)33-36-28(31(35)45-33)23-11-13-24(14-12-23)32(43)37-34(21-41,26-5-3-2-4-6-26)40-19-25(10-9-22-7-8-22)30-29(40)27(42)20-44-30/h11-14,21-22,25-26,29-30H,2-8,15-20H2,1H3,(H,37,43). The van der Waals surface area contributed by atoms with Gasteiger partial charge in [0.2, 0.25) is 5.13 Å². The van der Waals surface area contributed by atoms with Crippen molar-refractivity contribution in [1.29, 1.82) is 0 Å². The normalized spacial score (nSPS) is 27.5. The van der Waals surface area contributed by atoms with Crippen molar-refractivity contribution < 1.29 is 23.5 Å². The van der Waals surface area contributed by atoms with Crippen LogP contribution in [-0.2, 0) is 14.3 Å². The first kappa shape index (κ1) is 30.5. The number of amides is 1. The van der Waals surface area contributed by atoms with E-state index in [1.807, 2.05) is 4.90 Å². The number of carbonyl (C=O) groups excluding carboxylic acids is 3. The van der Waals surface area contributed by atoms with E-state index in [1.165, 1.54) is 0 Å². The van der Waals surface area contributed by atoms with Crippen LogP contribution >= 0.6 is 11.3 Å². The average Bonchev–Trinajstić information content (AvgIpc) is 3.54. The molecule has 2 aliphatic carbocycles. The van der Waals surface area contributed by atoms with Crippen molar-refractivity contribution in [2.24, 2.45) is 17.8 Å². The third kappa shape index (κ3) is 5.94. The Hall–Kier alpha value is -3.17. The highest BCUT2D eigenvalue weighted by molar-refractivity contribution is 7.14. The number of hydrogen-bond donors (Lipinski definition) is 1. The van der Waals surface area contributed by atoms with Gasteiger partial charge in [-0.2, -0.15) is 4.39 Å². The largest absolute Gasteiger partial charge is 0.367 e. The second-order valence-corrected chi connectivity index (χ2v) is 14.2. The number of likely N-dealkylation sites (tertiary alicyclic amines) is 1. The minimum atomic E-state index is -1.36. The van der Waals surface area contributed by atoms with Crippen molar-refractivity contribution in [2.45, 2.75) is 62.8 Å². The van der Waals surface area contributed by atoms with Crippen LogP contribution in [0.1, 0.15) is 55.3 Å². The molecule has 5 fully saturated rings. The summed E-state index contributed by atoms with van der Waals surface area (Å²) in [5, 5.41) is 3.43. The molecule has 2 saturated carbocycles. The Kier molecular flexibility index (Phi) is 8.50. The topological polar surface area (TPSA) is 95.1 Å². The maximum Gasteiger partial charge on any atom is 0.253 e. The summed E-state index contributed by atoms with van der Waals surface area (Å²) in [6.07, 6.45) is 7.17. The number of anilines is 1. The van der Waals surface area contributed by atoms with Crippen molar-refractivity contribution in [3.63, 3.8) is 0 Å². The van der Waals surface area contributed by atoms with Crippen LogP contribution in [0.2, 0.25) is 0 Å². The number of rotatable bonds is 7. The fraction of sp³-hybridized carbons (Fsp3) is 0.588. The lowest BCUT2D eigenvalue weighted by Gasteiger charge is -2.46. The minimum absolute atomic E-state index is 0.00778. The van der Waals surface area contributed by atoms with Crippen molar-refractivity contribution >= 4 is 34.4 Å². The third-order valence-electron chi connectivity index (χ3n) is 10.2. The molecule has 0 bridgehead atoms. The molecule has 7 rings (SSSR count). The molecule has 1 aromatic carbocycles. The number of Topliss-reactive ketones (excluding diaryl/α,β-unsaturated/α-hetero) is 1. The molecule has 1 N–H and O–H groups in total. The summed E-state index contributed by atoms with van der Waals surface area (Å²) in [5.74, 6) is 6.26. The molecule has 11 heteroatoms. The fourth-order valence-corrected chi connectivity index (χ4v) is 8.27. The second-order valence-electron chi connectivity index (χ2n) is 13.2. The van der Waals surface area contributed by atoms with E-state index in [-0.39, 0.29) is 35.1 Å². The molecule has 4 atom stereocenters. The van der Waals surface area contributed by atoms with Crippen molar-refractivity contribution in [1.82, 2.24) is 20.1 Å². The SMILES string of the molecule is CN1CCN(c2nc(-c3ccc(C(=O)NC(C=O)(C4CCCCC4)N4CC(C#CC5CC5)C5OCC(=O)C54)cc3)c(F)s2)CC1. The summed E-state index contributed by atoms with van der Waals surface area (Å²) in [6.45, 7) is 3.77. The van der Waals surface area contributed by atoms with E-state index < -0.39 is 23.7 Å². The molecule has 5 aliphatic rings. The first-order valence-corrected chi connectivity index (χ1v) is 17.1. The molecule has 1 aromatic heterocycles. The van der Waals surface area contributed by atoms with Gasteiger partial charge >= 0.3 is 0 Å². The molecule has 45 heavy (non-hydrogen) atoms. The molecular formula is C34H40FN5O4S. The number of fused-ring (bicyclic) bond motifs is 1. The maximum absolute atomic E-state index is 15.1. The number of aromatic nitrogens is 1. The molecule has 3 saturated heterocycles. The summed E-state index contributed by atoms with van der Waals surface area (Å²) in [4.78, 5) is 51.2. The Morgan fingerprint density at radius 1 is 1.09 bits per heavy atom. The average molecular weight is 634 g/mol. The van der Waals surface area contributed by atoms with Crippen LogP contribution in [0.25, 0.3) is 11.3 Å². The van der Waals surface area contributed by atoms with Crippen LogP contribution in [0, 0.1) is 34.7 Å². The summed E-state index contributed by atoms with van der Waals surface area (Å²) in [7, 11) is 2.07. The first-order chi connectivity index (χ1) is 21.9. The highest BCUT2D eigenvalue weighted by atomic mass is 32.1. The molecule has 1 amide bonds. The van der Waals surface area contributed by atoms with Crippen LogP contribution in [0.5, 0.6) is 0 Å². The van der Waals surface area contributed by atoms with Gasteiger partial charge in [0.1, 0.15) is 18.3 Å². The summed E-state index contributed by atoms with van der Waals surface area (Å²) < 4.78 is 21.0. The van der Waals surface area contributed by atoms with Crippen LogP contribution < -0.4 is 10.2 Å². The number of halogens is 1. The van der Waals surface area contributed by atoms with Crippen LogP contribution in [0.4, 0.5) is 9.52 Å². The zero-order valence-electron chi connectivity index (χ0n) is 25.7. The van der Waals surface area contributed by atoms with Gasteiger partial charge in [-0.3, -0.25) is 19.3 Å². The van der Waals surface area contributed by atoms with Crippen molar-refractivity contribution in [3.05, 3.63) is 35.0 Å². The van der Waals surface area contributed by atoms with E-state index in [4.69, 9.17) is 4.74 Å². The zero-order chi connectivity index (χ0) is 31.1. The summed E-state index contributed by atoms with van der Waals surface area (Å²) in [5.41, 5.74) is -0.156. The van der Waals surface area contributed by atoms with Gasteiger partial charge < -0.3 is 19.9 Å². The Bertz CT molecular complexity index is 1500. The number of ketones is 1. The van der Waals surface area contributed by atoms with E-state index in [0.717, 1.165) is 88.7 Å². The Labute approximate surface area is 267 Å². The number of nitrogens with one attached hydrogen (secondary N) is 1.